The first-order valence-electron chi connectivity index (χ1n) is 7.52. The summed E-state index contributed by atoms with van der Waals surface area (Å²) in [4.78, 5) is 12.8. The maximum absolute atomic E-state index is 12.9. The number of benzene rings is 2. The van der Waals surface area contributed by atoms with Crippen LogP contribution in [0.5, 0.6) is 0 Å². The van der Waals surface area contributed by atoms with Crippen LogP contribution >= 0.6 is 23.4 Å². The summed E-state index contributed by atoms with van der Waals surface area (Å²) >= 11 is 6.57. The Morgan fingerprint density at radius 3 is 2.26 bits per heavy atom. The smallest absolute Gasteiger partial charge is 0.293 e. The van der Waals surface area contributed by atoms with Gasteiger partial charge in [-0.3, -0.25) is 9.52 Å². The lowest BCUT2D eigenvalue weighted by molar-refractivity contribution is -0.137. The molecule has 0 saturated carbocycles. The van der Waals surface area contributed by atoms with E-state index in [4.69, 9.17) is 11.6 Å². The Hall–Kier alpha value is -1.71. The molecule has 0 radical (unpaired) electrons. The molecule has 146 valence electrons. The summed E-state index contributed by atoms with van der Waals surface area (Å²) in [7, 11) is -3.43. The third-order valence-corrected chi connectivity index (χ3v) is 5.43. The molecule has 0 amide bonds. The third kappa shape index (κ3) is 6.15. The number of Topliss-reactive ketones (excluding diaryl/α,β-unsaturated/α-hetero) is 1. The van der Waals surface area contributed by atoms with Crippen molar-refractivity contribution in [1.82, 2.24) is 0 Å². The lowest BCUT2D eigenvalue weighted by atomic mass is 10.1. The van der Waals surface area contributed by atoms with E-state index in [0.29, 0.717) is 11.3 Å². The number of sulfonamides is 1. The van der Waals surface area contributed by atoms with Gasteiger partial charge < -0.3 is 0 Å². The molecule has 4 nitrogen and oxygen atoms in total. The maximum Gasteiger partial charge on any atom is 0.417 e. The zero-order chi connectivity index (χ0) is 20.4. The van der Waals surface area contributed by atoms with E-state index in [1.54, 1.807) is 6.92 Å². The van der Waals surface area contributed by atoms with Gasteiger partial charge in [-0.25, -0.2) is 8.42 Å². The molecule has 0 bridgehead atoms. The van der Waals surface area contributed by atoms with Crippen LogP contribution in [0.4, 0.5) is 18.9 Å². The highest BCUT2D eigenvalue weighted by Crippen LogP contribution is 2.38. The van der Waals surface area contributed by atoms with Crippen molar-refractivity contribution in [2.45, 2.75) is 23.2 Å². The second-order valence-electron chi connectivity index (χ2n) is 5.72. The van der Waals surface area contributed by atoms with Crippen molar-refractivity contribution >= 4 is 44.9 Å². The van der Waals surface area contributed by atoms with Gasteiger partial charge in [0, 0.05) is 16.1 Å². The van der Waals surface area contributed by atoms with Crippen molar-refractivity contribution in [2.75, 3.05) is 11.0 Å². The number of nitrogens with one attached hydrogen (secondary N) is 1. The van der Waals surface area contributed by atoms with Crippen LogP contribution < -0.4 is 4.72 Å². The van der Waals surface area contributed by atoms with Crippen molar-refractivity contribution in [3.8, 4) is 0 Å². The SMILES string of the molecule is C[C@@H](Sc1ccc(Cl)c(C(F)(F)F)c1)C(=O)c1ccc(NS(C)(=O)=O)cc1. The summed E-state index contributed by atoms with van der Waals surface area (Å²) in [6, 6.07) is 9.27. The molecule has 0 fully saturated rings. The van der Waals surface area contributed by atoms with Crippen LogP contribution in [0.1, 0.15) is 22.8 Å². The normalized spacial score (nSPS) is 13.3. The predicted octanol–water partition coefficient (Wildman–Crippen LogP) is 5.09. The zero-order valence-corrected chi connectivity index (χ0v) is 16.6. The number of carbonyl (C=O) groups is 1. The number of hydrogen-bond acceptors (Lipinski definition) is 4. The lowest BCUT2D eigenvalue weighted by Gasteiger charge is -2.14. The van der Waals surface area contributed by atoms with Crippen LogP contribution in [-0.2, 0) is 16.2 Å². The molecule has 2 rings (SSSR count). The predicted molar refractivity (Wildman–Crippen MR) is 101 cm³/mol. The minimum absolute atomic E-state index is 0.267. The Labute approximate surface area is 164 Å². The summed E-state index contributed by atoms with van der Waals surface area (Å²) in [5.74, 6) is -0.297. The first-order valence-corrected chi connectivity index (χ1v) is 10.7. The van der Waals surface area contributed by atoms with Gasteiger partial charge >= 0.3 is 6.18 Å². The van der Waals surface area contributed by atoms with Crippen molar-refractivity contribution in [1.29, 1.82) is 0 Å². The molecule has 0 saturated heterocycles. The average molecular weight is 438 g/mol. The van der Waals surface area contributed by atoms with E-state index in [1.807, 2.05) is 0 Å². The highest BCUT2D eigenvalue weighted by atomic mass is 35.5. The number of anilines is 1. The number of thioether (sulfide) groups is 1. The number of halogens is 4. The molecule has 0 aliphatic carbocycles. The molecular weight excluding hydrogens is 423 g/mol. The Morgan fingerprint density at radius 1 is 1.15 bits per heavy atom. The summed E-state index contributed by atoms with van der Waals surface area (Å²) in [6.45, 7) is 1.58. The average Bonchev–Trinajstić information content (AvgIpc) is 2.54. The second-order valence-corrected chi connectivity index (χ2v) is 9.29. The maximum atomic E-state index is 12.9. The molecule has 0 heterocycles. The molecular formula is C17H15ClF3NO3S2. The Kier molecular flexibility index (Phi) is 6.49. The van der Waals surface area contributed by atoms with Crippen LogP contribution in [0.25, 0.3) is 0 Å². The van der Waals surface area contributed by atoms with E-state index in [2.05, 4.69) is 4.72 Å². The first-order chi connectivity index (χ1) is 12.4. The topological polar surface area (TPSA) is 63.2 Å². The molecule has 1 atom stereocenters. The van der Waals surface area contributed by atoms with Gasteiger partial charge in [-0.1, -0.05) is 11.6 Å². The molecule has 0 aliphatic rings. The van der Waals surface area contributed by atoms with Gasteiger partial charge in [0.25, 0.3) is 0 Å². The van der Waals surface area contributed by atoms with Crippen LogP contribution in [0, 0.1) is 0 Å². The van der Waals surface area contributed by atoms with Gasteiger partial charge in [0.15, 0.2) is 5.78 Å². The Bertz CT molecular complexity index is 945. The largest absolute Gasteiger partial charge is 0.417 e. The van der Waals surface area contributed by atoms with Gasteiger partial charge in [-0.05, 0) is 49.4 Å². The Morgan fingerprint density at radius 2 is 1.74 bits per heavy atom. The van der Waals surface area contributed by atoms with Gasteiger partial charge in [0.1, 0.15) is 0 Å². The quantitative estimate of drug-likeness (QED) is 0.504. The van der Waals surface area contributed by atoms with E-state index in [0.717, 1.165) is 30.2 Å². The van der Waals surface area contributed by atoms with Crippen molar-refractivity contribution < 1.29 is 26.4 Å². The third-order valence-electron chi connectivity index (χ3n) is 3.40. The second kappa shape index (κ2) is 8.12. The monoisotopic (exact) mass is 437 g/mol. The fourth-order valence-electron chi connectivity index (χ4n) is 2.20. The van der Waals surface area contributed by atoms with Crippen molar-refractivity contribution in [3.05, 3.63) is 58.6 Å². The minimum atomic E-state index is -4.58. The Balaban J connectivity index is 2.14. The fraction of sp³-hybridized carbons (Fsp3) is 0.235. The number of ketones is 1. The molecule has 27 heavy (non-hydrogen) atoms. The van der Waals surface area contributed by atoms with E-state index in [9.17, 15) is 26.4 Å². The van der Waals surface area contributed by atoms with Crippen LogP contribution in [-0.4, -0.2) is 25.7 Å². The molecule has 2 aromatic carbocycles. The zero-order valence-electron chi connectivity index (χ0n) is 14.2. The molecule has 2 aromatic rings. The molecule has 10 heteroatoms. The van der Waals surface area contributed by atoms with Crippen molar-refractivity contribution in [3.63, 3.8) is 0 Å². The summed E-state index contributed by atoms with van der Waals surface area (Å²) < 4.78 is 63.4. The number of carbonyl (C=O) groups excluding carboxylic acids is 1. The van der Waals surface area contributed by atoms with Crippen molar-refractivity contribution in [2.24, 2.45) is 0 Å². The van der Waals surface area contributed by atoms with E-state index in [1.165, 1.54) is 30.3 Å². The first kappa shape index (κ1) is 21.6. The fourth-order valence-corrected chi connectivity index (χ4v) is 3.98. The molecule has 0 unspecified atom stereocenters. The van der Waals surface area contributed by atoms with Crippen LogP contribution in [0.15, 0.2) is 47.4 Å². The van der Waals surface area contributed by atoms with Gasteiger partial charge in [-0.15, -0.1) is 11.8 Å². The number of hydrogen-bond donors (Lipinski definition) is 1. The van der Waals surface area contributed by atoms with E-state index < -0.39 is 32.0 Å². The molecule has 0 spiro atoms. The lowest BCUT2D eigenvalue weighted by Crippen LogP contribution is -2.14. The highest BCUT2D eigenvalue weighted by molar-refractivity contribution is 8.00. The number of alkyl halides is 3. The number of rotatable bonds is 6. The van der Waals surface area contributed by atoms with Gasteiger partial charge in [0.2, 0.25) is 10.0 Å². The minimum Gasteiger partial charge on any atom is -0.293 e. The van der Waals surface area contributed by atoms with Gasteiger partial charge in [-0.2, -0.15) is 13.2 Å². The van der Waals surface area contributed by atoms with Gasteiger partial charge in [0.05, 0.1) is 22.1 Å². The molecule has 0 aliphatic heterocycles. The highest BCUT2D eigenvalue weighted by Gasteiger charge is 2.33. The summed E-state index contributed by atoms with van der Waals surface area (Å²) in [6.07, 6.45) is -3.57. The van der Waals surface area contributed by atoms with Crippen LogP contribution in [0.2, 0.25) is 5.02 Å². The molecule has 1 N–H and O–H groups in total. The van der Waals surface area contributed by atoms with Crippen LogP contribution in [0.3, 0.4) is 0 Å². The van der Waals surface area contributed by atoms with E-state index in [-0.39, 0.29) is 10.7 Å². The summed E-state index contributed by atoms with van der Waals surface area (Å²) in [5, 5.41) is -1.05. The molecule has 0 aromatic heterocycles. The van der Waals surface area contributed by atoms with E-state index >= 15 is 0 Å². The standard InChI is InChI=1S/C17H15ClF3NO3S2/c1-10(26-13-7-8-15(18)14(9-13)17(19,20)21)16(23)11-3-5-12(6-4-11)22-27(2,24)25/h3-10,22H,1-2H3/t10-/m1/s1. The summed E-state index contributed by atoms with van der Waals surface area (Å²) in [5.41, 5.74) is -0.328.